The predicted octanol–water partition coefficient (Wildman–Crippen LogP) is 3.93. The quantitative estimate of drug-likeness (QED) is 0.899. The van der Waals surface area contributed by atoms with E-state index in [4.69, 9.17) is 16.7 Å². The number of carboxylic acids is 1. The summed E-state index contributed by atoms with van der Waals surface area (Å²) in [6, 6.07) is 7.76. The highest BCUT2D eigenvalue weighted by Crippen LogP contribution is 2.25. The summed E-state index contributed by atoms with van der Waals surface area (Å²) >= 11 is 5.81. The first-order chi connectivity index (χ1) is 9.49. The van der Waals surface area contributed by atoms with E-state index in [9.17, 15) is 13.6 Å². The van der Waals surface area contributed by atoms with Crippen LogP contribution in [0.4, 0.5) is 14.5 Å². The maximum absolute atomic E-state index is 13.5. The number of benzene rings is 2. The Morgan fingerprint density at radius 2 is 2.00 bits per heavy atom. The summed E-state index contributed by atoms with van der Waals surface area (Å²) in [7, 11) is 0. The molecule has 0 fully saturated rings. The maximum Gasteiger partial charge on any atom is 0.339 e. The van der Waals surface area contributed by atoms with Crippen molar-refractivity contribution >= 4 is 23.3 Å². The van der Waals surface area contributed by atoms with Crippen LogP contribution in [0.3, 0.4) is 0 Å². The van der Waals surface area contributed by atoms with E-state index >= 15 is 0 Å². The summed E-state index contributed by atoms with van der Waals surface area (Å²) in [6.07, 6.45) is 0. The molecule has 104 valence electrons. The van der Waals surface area contributed by atoms with Crippen molar-refractivity contribution in [1.82, 2.24) is 0 Å². The van der Waals surface area contributed by atoms with Gasteiger partial charge in [-0.2, -0.15) is 0 Å². The Morgan fingerprint density at radius 3 is 2.65 bits per heavy atom. The molecule has 0 atom stereocenters. The Hall–Kier alpha value is -2.14. The van der Waals surface area contributed by atoms with E-state index in [1.165, 1.54) is 18.2 Å². The van der Waals surface area contributed by atoms with Gasteiger partial charge in [0, 0.05) is 18.2 Å². The molecule has 0 aromatic heterocycles. The van der Waals surface area contributed by atoms with Crippen molar-refractivity contribution in [2.75, 3.05) is 5.32 Å². The molecule has 6 heteroatoms. The number of carbonyl (C=O) groups is 1. The van der Waals surface area contributed by atoms with Crippen molar-refractivity contribution in [2.24, 2.45) is 0 Å². The van der Waals surface area contributed by atoms with E-state index in [0.717, 1.165) is 12.1 Å². The molecule has 2 aromatic carbocycles. The molecular formula is C14H10ClF2NO2. The number of aromatic carboxylic acids is 1. The lowest BCUT2D eigenvalue weighted by Gasteiger charge is -2.11. The molecule has 0 saturated carbocycles. The topological polar surface area (TPSA) is 49.3 Å². The Bertz CT molecular complexity index is 662. The van der Waals surface area contributed by atoms with Gasteiger partial charge in [0.2, 0.25) is 0 Å². The lowest BCUT2D eigenvalue weighted by atomic mass is 10.1. The summed E-state index contributed by atoms with van der Waals surface area (Å²) < 4.78 is 26.2. The molecule has 0 aliphatic carbocycles. The van der Waals surface area contributed by atoms with Crippen LogP contribution in [0.2, 0.25) is 5.02 Å². The van der Waals surface area contributed by atoms with E-state index in [1.807, 2.05) is 0 Å². The van der Waals surface area contributed by atoms with Crippen LogP contribution in [0, 0.1) is 11.6 Å². The third-order valence-corrected chi connectivity index (χ3v) is 3.03. The molecule has 2 rings (SSSR count). The van der Waals surface area contributed by atoms with Crippen molar-refractivity contribution in [3.05, 3.63) is 64.2 Å². The average molecular weight is 298 g/mol. The standard InChI is InChI=1S/C14H10ClF2NO2/c15-10-2-1-3-12(13(10)14(19)20)18-7-8-4-5-9(16)6-11(8)17/h1-6,18H,7H2,(H,19,20). The van der Waals surface area contributed by atoms with Crippen LogP contribution < -0.4 is 5.32 Å². The van der Waals surface area contributed by atoms with Crippen LogP contribution in [0.15, 0.2) is 36.4 Å². The van der Waals surface area contributed by atoms with Gasteiger partial charge in [-0.1, -0.05) is 23.7 Å². The van der Waals surface area contributed by atoms with Gasteiger partial charge in [0.25, 0.3) is 0 Å². The first-order valence-corrected chi connectivity index (χ1v) is 6.06. The zero-order chi connectivity index (χ0) is 14.7. The van der Waals surface area contributed by atoms with E-state index in [0.29, 0.717) is 0 Å². The highest BCUT2D eigenvalue weighted by atomic mass is 35.5. The lowest BCUT2D eigenvalue weighted by Crippen LogP contribution is -2.08. The number of halogens is 3. The molecule has 0 aliphatic rings. The van der Waals surface area contributed by atoms with Crippen LogP contribution in [0.5, 0.6) is 0 Å². The van der Waals surface area contributed by atoms with Gasteiger partial charge < -0.3 is 10.4 Å². The molecule has 2 aromatic rings. The molecule has 0 unspecified atom stereocenters. The molecule has 0 spiro atoms. The maximum atomic E-state index is 13.5. The molecule has 0 saturated heterocycles. The fraction of sp³-hybridized carbons (Fsp3) is 0.0714. The normalized spacial score (nSPS) is 10.3. The number of hydrogen-bond donors (Lipinski definition) is 2. The third-order valence-electron chi connectivity index (χ3n) is 2.71. The van der Waals surface area contributed by atoms with E-state index in [2.05, 4.69) is 5.32 Å². The van der Waals surface area contributed by atoms with Gasteiger partial charge in [-0.25, -0.2) is 13.6 Å². The molecule has 3 nitrogen and oxygen atoms in total. The number of anilines is 1. The fourth-order valence-corrected chi connectivity index (χ4v) is 2.00. The van der Waals surface area contributed by atoms with Gasteiger partial charge in [-0.05, 0) is 18.2 Å². The van der Waals surface area contributed by atoms with Crippen molar-refractivity contribution in [3.63, 3.8) is 0 Å². The first kappa shape index (κ1) is 14.3. The number of carboxylic acid groups (broad SMARTS) is 1. The largest absolute Gasteiger partial charge is 0.478 e. The highest BCUT2D eigenvalue weighted by Gasteiger charge is 2.14. The van der Waals surface area contributed by atoms with Crippen LogP contribution in [0.25, 0.3) is 0 Å². The molecule has 2 N–H and O–H groups in total. The smallest absolute Gasteiger partial charge is 0.339 e. The molecular weight excluding hydrogens is 288 g/mol. The van der Waals surface area contributed by atoms with Gasteiger partial charge in [-0.3, -0.25) is 0 Å². The predicted molar refractivity (Wildman–Crippen MR) is 72.1 cm³/mol. The van der Waals surface area contributed by atoms with Gasteiger partial charge in [-0.15, -0.1) is 0 Å². The summed E-state index contributed by atoms with van der Waals surface area (Å²) in [5, 5.41) is 12.0. The van der Waals surface area contributed by atoms with Crippen LogP contribution in [-0.2, 0) is 6.54 Å². The average Bonchev–Trinajstić information content (AvgIpc) is 2.37. The molecule has 0 bridgehead atoms. The van der Waals surface area contributed by atoms with Crippen molar-refractivity contribution < 1.29 is 18.7 Å². The Morgan fingerprint density at radius 1 is 1.25 bits per heavy atom. The van der Waals surface area contributed by atoms with Crippen molar-refractivity contribution in [3.8, 4) is 0 Å². The zero-order valence-corrected chi connectivity index (χ0v) is 10.9. The van der Waals surface area contributed by atoms with Gasteiger partial charge in [0.15, 0.2) is 0 Å². The van der Waals surface area contributed by atoms with E-state index in [-0.39, 0.29) is 28.4 Å². The van der Waals surface area contributed by atoms with Gasteiger partial charge >= 0.3 is 5.97 Å². The minimum atomic E-state index is -1.18. The Kier molecular flexibility index (Phi) is 4.20. The summed E-state index contributed by atoms with van der Waals surface area (Å²) in [4.78, 5) is 11.1. The third kappa shape index (κ3) is 3.05. The molecule has 0 radical (unpaired) electrons. The minimum Gasteiger partial charge on any atom is -0.478 e. The Balaban J connectivity index is 2.23. The second-order valence-electron chi connectivity index (χ2n) is 4.06. The van der Waals surface area contributed by atoms with Crippen molar-refractivity contribution in [2.45, 2.75) is 6.54 Å². The minimum absolute atomic E-state index is 0.0206. The molecule has 0 aliphatic heterocycles. The number of rotatable bonds is 4. The zero-order valence-electron chi connectivity index (χ0n) is 10.2. The second-order valence-corrected chi connectivity index (χ2v) is 4.46. The van der Waals surface area contributed by atoms with E-state index < -0.39 is 17.6 Å². The van der Waals surface area contributed by atoms with Crippen LogP contribution in [0.1, 0.15) is 15.9 Å². The summed E-state index contributed by atoms with van der Waals surface area (Å²) in [5.74, 6) is -2.55. The fourth-order valence-electron chi connectivity index (χ4n) is 1.74. The van der Waals surface area contributed by atoms with Crippen LogP contribution in [-0.4, -0.2) is 11.1 Å². The van der Waals surface area contributed by atoms with E-state index in [1.54, 1.807) is 6.07 Å². The monoisotopic (exact) mass is 297 g/mol. The molecule has 20 heavy (non-hydrogen) atoms. The van der Waals surface area contributed by atoms with Crippen LogP contribution >= 0.6 is 11.6 Å². The van der Waals surface area contributed by atoms with Gasteiger partial charge in [0.05, 0.1) is 10.7 Å². The van der Waals surface area contributed by atoms with Gasteiger partial charge in [0.1, 0.15) is 17.2 Å². The molecule has 0 heterocycles. The summed E-state index contributed by atoms with van der Waals surface area (Å²) in [6.45, 7) is 0.0206. The highest BCUT2D eigenvalue weighted by molar-refractivity contribution is 6.34. The van der Waals surface area contributed by atoms with Crippen molar-refractivity contribution in [1.29, 1.82) is 0 Å². The number of nitrogens with one attached hydrogen (secondary N) is 1. The lowest BCUT2D eigenvalue weighted by molar-refractivity contribution is 0.0698. The SMILES string of the molecule is O=C(O)c1c(Cl)cccc1NCc1ccc(F)cc1F. The second kappa shape index (κ2) is 5.88. The number of hydrogen-bond acceptors (Lipinski definition) is 2. The first-order valence-electron chi connectivity index (χ1n) is 5.68. The molecule has 0 amide bonds. The Labute approximate surface area is 118 Å². The summed E-state index contributed by atoms with van der Waals surface area (Å²) in [5.41, 5.74) is 0.410.